The summed E-state index contributed by atoms with van der Waals surface area (Å²) in [4.78, 5) is 8.23. The summed E-state index contributed by atoms with van der Waals surface area (Å²) >= 11 is 0. The summed E-state index contributed by atoms with van der Waals surface area (Å²) in [5.74, 6) is 1.88. The molecule has 0 fully saturated rings. The normalized spacial score (nSPS) is 12.1. The molecule has 0 radical (unpaired) electrons. The Morgan fingerprint density at radius 2 is 1.79 bits per heavy atom. The zero-order chi connectivity index (χ0) is 19.6. The van der Waals surface area contributed by atoms with Gasteiger partial charge in [-0.05, 0) is 41.8 Å². The van der Waals surface area contributed by atoms with Crippen LogP contribution in [0.25, 0.3) is 11.3 Å². The van der Waals surface area contributed by atoms with E-state index in [9.17, 15) is 0 Å². The van der Waals surface area contributed by atoms with Crippen molar-refractivity contribution in [1.82, 2.24) is 15.3 Å². The van der Waals surface area contributed by atoms with Gasteiger partial charge >= 0.3 is 0 Å². The van der Waals surface area contributed by atoms with Gasteiger partial charge in [-0.2, -0.15) is 0 Å². The molecule has 0 aliphatic carbocycles. The second kappa shape index (κ2) is 10.7. The minimum absolute atomic E-state index is 0.226. The SMILES string of the molecule is CCCCCC[C@@H](NCc1ccccc1)c1ncc(-c2ccc(OC)cc2)[nH]1. The predicted octanol–water partition coefficient (Wildman–Crippen LogP) is 5.89. The molecule has 1 heterocycles. The molecule has 1 atom stereocenters. The minimum atomic E-state index is 0.226. The van der Waals surface area contributed by atoms with E-state index >= 15 is 0 Å². The lowest BCUT2D eigenvalue weighted by molar-refractivity contribution is 0.415. The van der Waals surface area contributed by atoms with E-state index in [0.717, 1.165) is 35.8 Å². The number of aromatic amines is 1. The van der Waals surface area contributed by atoms with Crippen LogP contribution in [0.4, 0.5) is 0 Å². The quantitative estimate of drug-likeness (QED) is 0.410. The van der Waals surface area contributed by atoms with Gasteiger partial charge in [-0.25, -0.2) is 4.98 Å². The van der Waals surface area contributed by atoms with Gasteiger partial charge in [-0.15, -0.1) is 0 Å². The molecule has 3 aromatic rings. The van der Waals surface area contributed by atoms with Crippen molar-refractivity contribution < 1.29 is 4.74 Å². The Hall–Kier alpha value is -2.59. The number of hydrogen-bond donors (Lipinski definition) is 2. The van der Waals surface area contributed by atoms with Gasteiger partial charge in [0.1, 0.15) is 11.6 Å². The third-order valence-corrected chi connectivity index (χ3v) is 5.07. The molecule has 0 saturated carbocycles. The van der Waals surface area contributed by atoms with Gasteiger partial charge in [0.15, 0.2) is 0 Å². The summed E-state index contributed by atoms with van der Waals surface area (Å²) in [6.45, 7) is 3.09. The molecule has 3 rings (SSSR count). The number of nitrogens with one attached hydrogen (secondary N) is 2. The molecule has 1 aromatic heterocycles. The van der Waals surface area contributed by atoms with E-state index in [1.165, 1.54) is 31.2 Å². The zero-order valence-electron chi connectivity index (χ0n) is 16.9. The molecule has 0 spiro atoms. The fourth-order valence-electron chi connectivity index (χ4n) is 3.38. The average molecular weight is 378 g/mol. The lowest BCUT2D eigenvalue weighted by atomic mass is 10.1. The molecule has 2 aromatic carbocycles. The Morgan fingerprint density at radius 3 is 2.50 bits per heavy atom. The van der Waals surface area contributed by atoms with Gasteiger partial charge < -0.3 is 15.0 Å². The number of aromatic nitrogens is 2. The van der Waals surface area contributed by atoms with E-state index in [2.05, 4.69) is 59.7 Å². The largest absolute Gasteiger partial charge is 0.497 e. The average Bonchev–Trinajstić information content (AvgIpc) is 3.24. The predicted molar refractivity (Wildman–Crippen MR) is 115 cm³/mol. The van der Waals surface area contributed by atoms with Gasteiger partial charge in [0.05, 0.1) is 25.0 Å². The van der Waals surface area contributed by atoms with Crippen LogP contribution in [-0.4, -0.2) is 17.1 Å². The standard InChI is InChI=1S/C24H31N3O/c1-3-4-5-9-12-22(25-17-19-10-7-6-8-11-19)24-26-18-23(27-24)20-13-15-21(28-2)16-14-20/h6-8,10-11,13-16,18,22,25H,3-5,9,12,17H2,1-2H3,(H,26,27)/t22-/m1/s1. The van der Waals surface area contributed by atoms with Crippen molar-refractivity contribution in [2.75, 3.05) is 7.11 Å². The molecule has 0 amide bonds. The third kappa shape index (κ3) is 5.70. The van der Waals surface area contributed by atoms with Gasteiger partial charge in [-0.3, -0.25) is 0 Å². The first-order valence-electron chi connectivity index (χ1n) is 10.3. The Bertz CT molecular complexity index is 811. The van der Waals surface area contributed by atoms with Crippen molar-refractivity contribution in [1.29, 1.82) is 0 Å². The van der Waals surface area contributed by atoms with E-state index in [4.69, 9.17) is 9.72 Å². The highest BCUT2D eigenvalue weighted by atomic mass is 16.5. The Kier molecular flexibility index (Phi) is 7.68. The number of H-pyrrole nitrogens is 1. The topological polar surface area (TPSA) is 49.9 Å². The van der Waals surface area contributed by atoms with Crippen LogP contribution in [-0.2, 0) is 6.54 Å². The first kappa shape index (κ1) is 20.2. The maximum absolute atomic E-state index is 5.25. The van der Waals surface area contributed by atoms with Crippen LogP contribution >= 0.6 is 0 Å². The fourth-order valence-corrected chi connectivity index (χ4v) is 3.38. The highest BCUT2D eigenvalue weighted by molar-refractivity contribution is 5.59. The Morgan fingerprint density at radius 1 is 1.00 bits per heavy atom. The summed E-state index contributed by atoms with van der Waals surface area (Å²) < 4.78 is 5.25. The molecule has 28 heavy (non-hydrogen) atoms. The van der Waals surface area contributed by atoms with Gasteiger partial charge in [0, 0.05) is 6.54 Å². The number of rotatable bonds is 11. The van der Waals surface area contributed by atoms with Crippen molar-refractivity contribution >= 4 is 0 Å². The summed E-state index contributed by atoms with van der Waals surface area (Å²) in [6, 6.07) is 18.8. The van der Waals surface area contributed by atoms with E-state index in [1.807, 2.05) is 18.3 Å². The van der Waals surface area contributed by atoms with Gasteiger partial charge in [0.25, 0.3) is 0 Å². The van der Waals surface area contributed by atoms with Crippen LogP contribution in [0.3, 0.4) is 0 Å². The van der Waals surface area contributed by atoms with Crippen molar-refractivity contribution in [3.8, 4) is 17.0 Å². The second-order valence-electron chi connectivity index (χ2n) is 7.18. The summed E-state index contributed by atoms with van der Waals surface area (Å²) in [5.41, 5.74) is 3.45. The van der Waals surface area contributed by atoms with Crippen LogP contribution in [0.2, 0.25) is 0 Å². The van der Waals surface area contributed by atoms with Crippen LogP contribution in [0.1, 0.15) is 56.5 Å². The van der Waals surface area contributed by atoms with Crippen molar-refractivity contribution in [3.63, 3.8) is 0 Å². The first-order valence-corrected chi connectivity index (χ1v) is 10.3. The highest BCUT2D eigenvalue weighted by Crippen LogP contribution is 2.24. The van der Waals surface area contributed by atoms with E-state index in [1.54, 1.807) is 7.11 Å². The van der Waals surface area contributed by atoms with Crippen LogP contribution < -0.4 is 10.1 Å². The monoisotopic (exact) mass is 377 g/mol. The lowest BCUT2D eigenvalue weighted by Gasteiger charge is -2.17. The molecule has 0 aliphatic heterocycles. The molecule has 0 saturated heterocycles. The van der Waals surface area contributed by atoms with Crippen molar-refractivity contribution in [2.24, 2.45) is 0 Å². The number of ether oxygens (including phenoxy) is 1. The smallest absolute Gasteiger partial charge is 0.123 e. The lowest BCUT2D eigenvalue weighted by Crippen LogP contribution is -2.22. The molecule has 148 valence electrons. The molecule has 0 unspecified atom stereocenters. The zero-order valence-corrected chi connectivity index (χ0v) is 16.9. The number of unbranched alkanes of at least 4 members (excludes halogenated alkanes) is 3. The second-order valence-corrected chi connectivity index (χ2v) is 7.18. The highest BCUT2D eigenvalue weighted by Gasteiger charge is 2.15. The molecule has 2 N–H and O–H groups in total. The van der Waals surface area contributed by atoms with Crippen LogP contribution in [0, 0.1) is 0 Å². The van der Waals surface area contributed by atoms with Crippen molar-refractivity contribution in [3.05, 3.63) is 72.2 Å². The molecular formula is C24H31N3O. The minimum Gasteiger partial charge on any atom is -0.497 e. The van der Waals surface area contributed by atoms with Gasteiger partial charge in [0.2, 0.25) is 0 Å². The summed E-state index contributed by atoms with van der Waals surface area (Å²) in [7, 11) is 1.69. The number of hydrogen-bond acceptors (Lipinski definition) is 3. The number of methoxy groups -OCH3 is 1. The van der Waals surface area contributed by atoms with Crippen LogP contribution in [0.15, 0.2) is 60.8 Å². The fraction of sp³-hybridized carbons (Fsp3) is 0.375. The Labute approximate surface area is 168 Å². The maximum atomic E-state index is 5.25. The molecule has 4 heteroatoms. The third-order valence-electron chi connectivity index (χ3n) is 5.07. The van der Waals surface area contributed by atoms with E-state index in [-0.39, 0.29) is 6.04 Å². The van der Waals surface area contributed by atoms with Crippen molar-refractivity contribution in [2.45, 2.75) is 51.6 Å². The first-order chi connectivity index (χ1) is 13.8. The number of imidazole rings is 1. The van der Waals surface area contributed by atoms with Crippen LogP contribution in [0.5, 0.6) is 5.75 Å². The number of nitrogens with zero attached hydrogens (tertiary/aromatic N) is 1. The Balaban J connectivity index is 1.70. The molecule has 0 aliphatic rings. The molecule has 0 bridgehead atoms. The molecule has 4 nitrogen and oxygen atoms in total. The number of benzene rings is 2. The van der Waals surface area contributed by atoms with E-state index < -0.39 is 0 Å². The summed E-state index contributed by atoms with van der Waals surface area (Å²) in [6.07, 6.45) is 8.04. The summed E-state index contributed by atoms with van der Waals surface area (Å²) in [5, 5.41) is 3.70. The maximum Gasteiger partial charge on any atom is 0.123 e. The molecular weight excluding hydrogens is 346 g/mol. The van der Waals surface area contributed by atoms with E-state index in [0.29, 0.717) is 0 Å². The van der Waals surface area contributed by atoms with Gasteiger partial charge in [-0.1, -0.05) is 62.9 Å².